The monoisotopic (exact) mass is 450 g/mol. The van der Waals surface area contributed by atoms with Crippen LogP contribution in [0.25, 0.3) is 5.65 Å². The summed E-state index contributed by atoms with van der Waals surface area (Å²) in [5, 5.41) is 9.81. The minimum atomic E-state index is -0.0659. The van der Waals surface area contributed by atoms with Gasteiger partial charge in [-0.1, -0.05) is 24.8 Å². The molecule has 0 aromatic carbocycles. The zero-order valence-electron chi connectivity index (χ0n) is 18.3. The highest BCUT2D eigenvalue weighted by atomic mass is 32.2. The molecular weight excluding hydrogens is 424 g/mol. The largest absolute Gasteiger partial charge is 0.467 e. The van der Waals surface area contributed by atoms with Gasteiger partial charge in [0.25, 0.3) is 5.56 Å². The van der Waals surface area contributed by atoms with E-state index in [1.165, 1.54) is 11.8 Å². The van der Waals surface area contributed by atoms with Crippen LogP contribution in [0.3, 0.4) is 0 Å². The summed E-state index contributed by atoms with van der Waals surface area (Å²) in [7, 11) is 0. The molecule has 5 rings (SSSR count). The Morgan fingerprint density at radius 1 is 1.16 bits per heavy atom. The molecule has 1 saturated heterocycles. The molecule has 0 radical (unpaired) electrons. The minimum Gasteiger partial charge on any atom is -0.467 e. The number of piperidine rings is 1. The standard InChI is InChI=1S/C23H26N6O2S/c1-16-8-10-27(11-9-16)22-25-26-23(28(22)14-19-6-4-12-31-19)32-15-18-13-21(30)29-17(2)5-3-7-20(29)24-18/h3-7,12-13,16H,8-11,14-15H2,1-2H3. The summed E-state index contributed by atoms with van der Waals surface area (Å²) in [6.45, 7) is 6.73. The zero-order chi connectivity index (χ0) is 22.1. The number of pyridine rings is 1. The van der Waals surface area contributed by atoms with E-state index < -0.39 is 0 Å². The highest BCUT2D eigenvalue weighted by Crippen LogP contribution is 2.28. The van der Waals surface area contributed by atoms with Crippen LogP contribution in [-0.4, -0.2) is 37.2 Å². The molecule has 0 unspecified atom stereocenters. The van der Waals surface area contributed by atoms with Crippen LogP contribution in [0, 0.1) is 12.8 Å². The van der Waals surface area contributed by atoms with Gasteiger partial charge in [-0.05, 0) is 49.9 Å². The second kappa shape index (κ2) is 8.82. The third-order valence-electron chi connectivity index (χ3n) is 5.94. The number of aromatic nitrogens is 5. The summed E-state index contributed by atoms with van der Waals surface area (Å²) in [6, 6.07) is 11.1. The van der Waals surface area contributed by atoms with Gasteiger partial charge < -0.3 is 9.32 Å². The van der Waals surface area contributed by atoms with Gasteiger partial charge in [-0.3, -0.25) is 13.8 Å². The average molecular weight is 451 g/mol. The molecule has 9 heteroatoms. The summed E-state index contributed by atoms with van der Waals surface area (Å²) in [6.07, 6.45) is 3.99. The molecule has 0 saturated carbocycles. The van der Waals surface area contributed by atoms with Crippen molar-refractivity contribution in [2.45, 2.75) is 44.1 Å². The lowest BCUT2D eigenvalue weighted by atomic mass is 10.00. The lowest BCUT2D eigenvalue weighted by molar-refractivity contribution is 0.427. The molecule has 0 spiro atoms. The number of furan rings is 1. The second-order valence-electron chi connectivity index (χ2n) is 8.35. The Hall–Kier alpha value is -3.07. The lowest BCUT2D eigenvalue weighted by Gasteiger charge is -2.31. The van der Waals surface area contributed by atoms with Gasteiger partial charge in [0.2, 0.25) is 5.95 Å². The van der Waals surface area contributed by atoms with Gasteiger partial charge in [-0.25, -0.2) is 4.98 Å². The number of hydrogen-bond donors (Lipinski definition) is 0. The molecule has 0 N–H and O–H groups in total. The molecule has 1 fully saturated rings. The van der Waals surface area contributed by atoms with Crippen molar-refractivity contribution in [3.05, 3.63) is 70.2 Å². The first-order valence-corrected chi connectivity index (χ1v) is 11.9. The van der Waals surface area contributed by atoms with Gasteiger partial charge >= 0.3 is 0 Å². The molecule has 32 heavy (non-hydrogen) atoms. The van der Waals surface area contributed by atoms with E-state index in [1.807, 2.05) is 37.3 Å². The quantitative estimate of drug-likeness (QED) is 0.414. The molecule has 0 amide bonds. The van der Waals surface area contributed by atoms with E-state index in [1.54, 1.807) is 16.7 Å². The van der Waals surface area contributed by atoms with Crippen LogP contribution >= 0.6 is 11.8 Å². The van der Waals surface area contributed by atoms with Crippen molar-refractivity contribution < 1.29 is 4.42 Å². The summed E-state index contributed by atoms with van der Waals surface area (Å²) < 4.78 is 9.34. The first-order valence-electron chi connectivity index (χ1n) is 10.9. The first-order chi connectivity index (χ1) is 15.6. The van der Waals surface area contributed by atoms with E-state index in [4.69, 9.17) is 4.42 Å². The third-order valence-corrected chi connectivity index (χ3v) is 6.94. The van der Waals surface area contributed by atoms with Crippen LogP contribution in [0.2, 0.25) is 0 Å². The Morgan fingerprint density at radius 3 is 2.78 bits per heavy atom. The topological polar surface area (TPSA) is 81.5 Å². The SMILES string of the molecule is Cc1cccc2nc(CSc3nnc(N4CCC(C)CC4)n3Cc3ccco3)cc(=O)n12. The zero-order valence-corrected chi connectivity index (χ0v) is 19.1. The van der Waals surface area contributed by atoms with Crippen molar-refractivity contribution in [3.8, 4) is 0 Å². The van der Waals surface area contributed by atoms with Gasteiger partial charge in [0.15, 0.2) is 5.16 Å². The predicted octanol–water partition coefficient (Wildman–Crippen LogP) is 3.76. The van der Waals surface area contributed by atoms with Crippen molar-refractivity contribution in [2.75, 3.05) is 18.0 Å². The number of thioether (sulfide) groups is 1. The van der Waals surface area contributed by atoms with Crippen LogP contribution < -0.4 is 10.5 Å². The van der Waals surface area contributed by atoms with Gasteiger partial charge in [0.1, 0.15) is 11.4 Å². The summed E-state index contributed by atoms with van der Waals surface area (Å²) >= 11 is 1.54. The van der Waals surface area contributed by atoms with E-state index in [0.29, 0.717) is 17.9 Å². The fourth-order valence-electron chi connectivity index (χ4n) is 4.10. The molecular formula is C23H26N6O2S. The van der Waals surface area contributed by atoms with E-state index in [-0.39, 0.29) is 5.56 Å². The fourth-order valence-corrected chi connectivity index (χ4v) is 4.93. The van der Waals surface area contributed by atoms with Gasteiger partial charge in [0.05, 0.1) is 18.5 Å². The van der Waals surface area contributed by atoms with Crippen molar-refractivity contribution in [1.82, 2.24) is 24.1 Å². The summed E-state index contributed by atoms with van der Waals surface area (Å²) in [4.78, 5) is 19.6. The van der Waals surface area contributed by atoms with Crippen LogP contribution in [0.1, 0.15) is 36.9 Å². The van der Waals surface area contributed by atoms with Crippen molar-refractivity contribution in [1.29, 1.82) is 0 Å². The van der Waals surface area contributed by atoms with Crippen molar-refractivity contribution >= 4 is 23.4 Å². The van der Waals surface area contributed by atoms with Gasteiger partial charge in [0, 0.05) is 30.6 Å². The van der Waals surface area contributed by atoms with Crippen molar-refractivity contribution in [3.63, 3.8) is 0 Å². The predicted molar refractivity (Wildman–Crippen MR) is 124 cm³/mol. The third kappa shape index (κ3) is 4.17. The van der Waals surface area contributed by atoms with E-state index in [9.17, 15) is 4.79 Å². The summed E-state index contributed by atoms with van der Waals surface area (Å²) in [5.41, 5.74) is 2.20. The smallest absolute Gasteiger partial charge is 0.258 e. The number of nitrogens with zero attached hydrogens (tertiary/aromatic N) is 6. The lowest BCUT2D eigenvalue weighted by Crippen LogP contribution is -2.35. The molecule has 8 nitrogen and oxygen atoms in total. The van der Waals surface area contributed by atoms with Crippen molar-refractivity contribution in [2.24, 2.45) is 5.92 Å². The van der Waals surface area contributed by atoms with E-state index in [0.717, 1.165) is 60.1 Å². The number of hydrogen-bond acceptors (Lipinski definition) is 7. The maximum absolute atomic E-state index is 12.6. The highest BCUT2D eigenvalue weighted by molar-refractivity contribution is 7.98. The molecule has 1 aliphatic heterocycles. The molecule has 4 aromatic heterocycles. The molecule has 4 aromatic rings. The van der Waals surface area contributed by atoms with E-state index >= 15 is 0 Å². The highest BCUT2D eigenvalue weighted by Gasteiger charge is 2.23. The molecule has 0 atom stereocenters. The molecule has 0 aliphatic carbocycles. The average Bonchev–Trinajstić information content (AvgIpc) is 3.43. The Morgan fingerprint density at radius 2 is 2.00 bits per heavy atom. The molecule has 1 aliphatic rings. The minimum absolute atomic E-state index is 0.0659. The Bertz CT molecular complexity index is 1270. The Kier molecular flexibility index (Phi) is 5.73. The van der Waals surface area contributed by atoms with Crippen LogP contribution in [0.4, 0.5) is 5.95 Å². The van der Waals surface area contributed by atoms with Gasteiger partial charge in [-0.2, -0.15) is 0 Å². The van der Waals surface area contributed by atoms with Gasteiger partial charge in [-0.15, -0.1) is 10.2 Å². The molecule has 5 heterocycles. The number of rotatable bonds is 6. The summed E-state index contributed by atoms with van der Waals surface area (Å²) in [5.74, 6) is 3.00. The number of aryl methyl sites for hydroxylation is 1. The molecule has 166 valence electrons. The number of anilines is 1. The Labute approximate surface area is 190 Å². The first kappa shape index (κ1) is 20.8. The van der Waals surface area contributed by atoms with Crippen LogP contribution in [-0.2, 0) is 12.3 Å². The maximum Gasteiger partial charge on any atom is 0.258 e. The van der Waals surface area contributed by atoms with Crippen LogP contribution in [0.5, 0.6) is 0 Å². The fraction of sp³-hybridized carbons (Fsp3) is 0.391. The van der Waals surface area contributed by atoms with E-state index in [2.05, 4.69) is 31.6 Å². The number of fused-ring (bicyclic) bond motifs is 1. The van der Waals surface area contributed by atoms with Crippen LogP contribution in [0.15, 0.2) is 57.0 Å². The maximum atomic E-state index is 12.6. The molecule has 0 bridgehead atoms. The normalized spacial score (nSPS) is 15.0. The Balaban J connectivity index is 1.42. The second-order valence-corrected chi connectivity index (χ2v) is 9.30.